The number of carbonyl (C=O) groups is 1. The van der Waals surface area contributed by atoms with Gasteiger partial charge in [0.1, 0.15) is 5.78 Å². The summed E-state index contributed by atoms with van der Waals surface area (Å²) in [6.45, 7) is 4.57. The van der Waals surface area contributed by atoms with Gasteiger partial charge in [-0.2, -0.15) is 0 Å². The van der Waals surface area contributed by atoms with E-state index in [2.05, 4.69) is 38.2 Å². The highest BCUT2D eigenvalue weighted by Crippen LogP contribution is 2.29. The third-order valence-electron chi connectivity index (χ3n) is 4.28. The van der Waals surface area contributed by atoms with Crippen LogP contribution in [-0.2, 0) is 4.79 Å². The highest BCUT2D eigenvalue weighted by Gasteiger charge is 2.21. The second kappa shape index (κ2) is 6.36. The molecule has 0 aromatic carbocycles. The molecule has 18 heavy (non-hydrogen) atoms. The zero-order chi connectivity index (χ0) is 13.0. The van der Waals surface area contributed by atoms with Gasteiger partial charge < -0.3 is 0 Å². The predicted molar refractivity (Wildman–Crippen MR) is 76.3 cm³/mol. The fraction of sp³-hybridized carbons (Fsp3) is 0.706. The molecule has 0 aliphatic heterocycles. The molecule has 100 valence electrons. The van der Waals surface area contributed by atoms with Crippen LogP contribution >= 0.6 is 0 Å². The lowest BCUT2D eigenvalue weighted by Crippen LogP contribution is -2.17. The highest BCUT2D eigenvalue weighted by molar-refractivity contribution is 5.79. The number of Topliss-reactive ketones (excluding diaryl/α,β-unsaturated/α-hetero) is 1. The largest absolute Gasteiger partial charge is 0.300 e. The first-order chi connectivity index (χ1) is 8.63. The summed E-state index contributed by atoms with van der Waals surface area (Å²) in [6, 6.07) is 0. The molecule has 0 saturated carbocycles. The minimum Gasteiger partial charge on any atom is -0.300 e. The minimum absolute atomic E-state index is 0.461. The number of ketones is 1. The van der Waals surface area contributed by atoms with Crippen LogP contribution < -0.4 is 0 Å². The maximum Gasteiger partial charge on any atom is 0.134 e. The Hall–Kier alpha value is -0.850. The molecule has 0 saturated heterocycles. The SMILES string of the molecule is CC1CC=CC(CC(=O)CC2C=CCC(C)C2)C1. The molecule has 0 bridgehead atoms. The van der Waals surface area contributed by atoms with Crippen LogP contribution in [0.5, 0.6) is 0 Å². The fourth-order valence-corrected chi connectivity index (χ4v) is 3.36. The van der Waals surface area contributed by atoms with Gasteiger partial charge >= 0.3 is 0 Å². The third-order valence-corrected chi connectivity index (χ3v) is 4.28. The quantitative estimate of drug-likeness (QED) is 0.666. The van der Waals surface area contributed by atoms with Crippen LogP contribution in [-0.4, -0.2) is 5.78 Å². The van der Waals surface area contributed by atoms with Crippen LogP contribution in [0, 0.1) is 23.7 Å². The van der Waals surface area contributed by atoms with Gasteiger partial charge in [0.05, 0.1) is 0 Å². The van der Waals surface area contributed by atoms with Crippen molar-refractivity contribution in [3.05, 3.63) is 24.3 Å². The number of hydrogen-bond donors (Lipinski definition) is 0. The Bertz CT molecular complexity index is 308. The zero-order valence-corrected chi connectivity index (χ0v) is 11.8. The number of carbonyl (C=O) groups excluding carboxylic acids is 1. The molecule has 4 atom stereocenters. The Labute approximate surface area is 111 Å². The molecule has 1 heteroatoms. The molecule has 0 N–H and O–H groups in total. The van der Waals surface area contributed by atoms with Gasteiger partial charge in [-0.1, -0.05) is 38.2 Å². The van der Waals surface area contributed by atoms with Crippen molar-refractivity contribution in [2.45, 2.75) is 52.4 Å². The van der Waals surface area contributed by atoms with Crippen LogP contribution in [0.2, 0.25) is 0 Å². The molecule has 0 aromatic heterocycles. The summed E-state index contributed by atoms with van der Waals surface area (Å²) in [7, 11) is 0. The van der Waals surface area contributed by atoms with E-state index >= 15 is 0 Å². The Balaban J connectivity index is 1.78. The third kappa shape index (κ3) is 4.12. The molecule has 0 fully saturated rings. The lowest BCUT2D eigenvalue weighted by molar-refractivity contribution is -0.120. The first kappa shape index (κ1) is 13.6. The van der Waals surface area contributed by atoms with Gasteiger partial charge in [0.15, 0.2) is 0 Å². The smallest absolute Gasteiger partial charge is 0.134 e. The molecule has 0 heterocycles. The summed E-state index contributed by atoms with van der Waals surface area (Å²) in [5.41, 5.74) is 0. The average molecular weight is 246 g/mol. The molecule has 0 radical (unpaired) electrons. The molecule has 0 aromatic rings. The van der Waals surface area contributed by atoms with Crippen LogP contribution in [0.1, 0.15) is 52.4 Å². The first-order valence-electron chi connectivity index (χ1n) is 7.48. The summed E-state index contributed by atoms with van der Waals surface area (Å²) in [6.07, 6.45) is 15.3. The van der Waals surface area contributed by atoms with Gasteiger partial charge in [0, 0.05) is 12.8 Å². The maximum absolute atomic E-state index is 12.1. The molecule has 0 amide bonds. The van der Waals surface area contributed by atoms with E-state index in [9.17, 15) is 4.79 Å². The summed E-state index contributed by atoms with van der Waals surface area (Å²) in [5, 5.41) is 0. The van der Waals surface area contributed by atoms with Gasteiger partial charge in [0.25, 0.3) is 0 Å². The van der Waals surface area contributed by atoms with Crippen molar-refractivity contribution in [3.8, 4) is 0 Å². The van der Waals surface area contributed by atoms with Crippen LogP contribution in [0.3, 0.4) is 0 Å². The first-order valence-corrected chi connectivity index (χ1v) is 7.48. The van der Waals surface area contributed by atoms with E-state index in [0.717, 1.165) is 24.7 Å². The van der Waals surface area contributed by atoms with E-state index in [-0.39, 0.29) is 0 Å². The van der Waals surface area contributed by atoms with Gasteiger partial charge in [0.2, 0.25) is 0 Å². The molecule has 2 aliphatic rings. The zero-order valence-electron chi connectivity index (χ0n) is 11.8. The van der Waals surface area contributed by atoms with E-state index in [0.29, 0.717) is 17.6 Å². The topological polar surface area (TPSA) is 17.1 Å². The van der Waals surface area contributed by atoms with Crippen LogP contribution in [0.15, 0.2) is 24.3 Å². The lowest BCUT2D eigenvalue weighted by Gasteiger charge is -2.23. The monoisotopic (exact) mass is 246 g/mol. The van der Waals surface area contributed by atoms with Crippen molar-refractivity contribution < 1.29 is 4.79 Å². The Kier molecular flexibility index (Phi) is 4.79. The minimum atomic E-state index is 0.461. The molecule has 1 nitrogen and oxygen atoms in total. The molecule has 2 rings (SSSR count). The van der Waals surface area contributed by atoms with Crippen molar-refractivity contribution in [3.63, 3.8) is 0 Å². The number of rotatable bonds is 4. The maximum atomic E-state index is 12.1. The van der Waals surface area contributed by atoms with E-state index in [1.807, 2.05) is 0 Å². The lowest BCUT2D eigenvalue weighted by atomic mass is 9.81. The van der Waals surface area contributed by atoms with E-state index in [1.54, 1.807) is 0 Å². The van der Waals surface area contributed by atoms with E-state index < -0.39 is 0 Å². The van der Waals surface area contributed by atoms with Crippen molar-refractivity contribution >= 4 is 5.78 Å². The predicted octanol–water partition coefficient (Wildman–Crippen LogP) is 4.54. The molecule has 4 unspecified atom stereocenters. The average Bonchev–Trinajstić information content (AvgIpc) is 2.28. The van der Waals surface area contributed by atoms with Crippen LogP contribution in [0.25, 0.3) is 0 Å². The summed E-state index contributed by atoms with van der Waals surface area (Å²) < 4.78 is 0. The fourth-order valence-electron chi connectivity index (χ4n) is 3.36. The Morgan fingerprint density at radius 2 is 1.39 bits per heavy atom. The summed E-state index contributed by atoms with van der Waals surface area (Å²) >= 11 is 0. The second-order valence-corrected chi connectivity index (χ2v) is 6.48. The Morgan fingerprint density at radius 1 is 0.944 bits per heavy atom. The normalized spacial score (nSPS) is 35.7. The van der Waals surface area contributed by atoms with Crippen molar-refractivity contribution in [2.24, 2.45) is 23.7 Å². The van der Waals surface area contributed by atoms with E-state index in [1.165, 1.54) is 25.7 Å². The van der Waals surface area contributed by atoms with Gasteiger partial charge in [-0.05, 0) is 49.4 Å². The van der Waals surface area contributed by atoms with Gasteiger partial charge in [-0.3, -0.25) is 4.79 Å². The van der Waals surface area contributed by atoms with Gasteiger partial charge in [-0.15, -0.1) is 0 Å². The van der Waals surface area contributed by atoms with Crippen LogP contribution in [0.4, 0.5) is 0 Å². The number of allylic oxidation sites excluding steroid dienone is 4. The summed E-state index contributed by atoms with van der Waals surface area (Å²) in [4.78, 5) is 12.1. The van der Waals surface area contributed by atoms with Gasteiger partial charge in [-0.25, -0.2) is 0 Å². The second-order valence-electron chi connectivity index (χ2n) is 6.48. The molecule has 2 aliphatic carbocycles. The molecular weight excluding hydrogens is 220 g/mol. The number of hydrogen-bond acceptors (Lipinski definition) is 1. The molecule has 0 spiro atoms. The van der Waals surface area contributed by atoms with Crippen molar-refractivity contribution in [2.75, 3.05) is 0 Å². The highest BCUT2D eigenvalue weighted by atomic mass is 16.1. The molecular formula is C17H26O. The standard InChI is InChI=1S/C17H26O/c1-13-5-3-7-15(9-13)11-17(18)12-16-8-4-6-14(2)10-16/h3-4,7-8,13-16H,5-6,9-12H2,1-2H3. The Morgan fingerprint density at radius 3 is 1.78 bits per heavy atom. The van der Waals surface area contributed by atoms with Crippen molar-refractivity contribution in [1.82, 2.24) is 0 Å². The van der Waals surface area contributed by atoms with E-state index in [4.69, 9.17) is 0 Å². The van der Waals surface area contributed by atoms with Crippen molar-refractivity contribution in [1.29, 1.82) is 0 Å². The summed E-state index contributed by atoms with van der Waals surface area (Å²) in [5.74, 6) is 2.98.